The maximum absolute atomic E-state index is 5.93. The second-order valence-corrected chi connectivity index (χ2v) is 5.72. The Bertz CT molecular complexity index is 802. The smallest absolute Gasteiger partial charge is 0.224 e. The van der Waals surface area contributed by atoms with E-state index in [2.05, 4.69) is 20.9 Å². The van der Waals surface area contributed by atoms with Crippen molar-refractivity contribution in [3.05, 3.63) is 64.1 Å². The van der Waals surface area contributed by atoms with Gasteiger partial charge in [0.15, 0.2) is 0 Å². The fourth-order valence-corrected chi connectivity index (χ4v) is 2.42. The maximum Gasteiger partial charge on any atom is 0.224 e. The van der Waals surface area contributed by atoms with Crippen molar-refractivity contribution < 1.29 is 4.74 Å². The number of benzene rings is 2. The number of hydrogen-bond acceptors (Lipinski definition) is 3. The minimum absolute atomic E-state index is 0.392. The number of fused-ring (bicyclic) bond motifs is 1. The van der Waals surface area contributed by atoms with E-state index >= 15 is 0 Å². The Morgan fingerprint density at radius 3 is 2.71 bits per heavy atom. The first-order valence-corrected chi connectivity index (χ1v) is 7.49. The van der Waals surface area contributed by atoms with Crippen LogP contribution in [-0.4, -0.2) is 4.98 Å². The minimum Gasteiger partial charge on any atom is -0.439 e. The molecule has 106 valence electrons. The molecule has 0 fully saturated rings. The van der Waals surface area contributed by atoms with Crippen LogP contribution in [0.1, 0.15) is 11.1 Å². The molecule has 3 rings (SSSR count). The van der Waals surface area contributed by atoms with Crippen molar-refractivity contribution in [2.75, 3.05) is 0 Å². The summed E-state index contributed by atoms with van der Waals surface area (Å²) >= 11 is 3.48. The zero-order valence-electron chi connectivity index (χ0n) is 11.6. The monoisotopic (exact) mass is 342 g/mol. The molecule has 1 aromatic heterocycles. The zero-order valence-corrected chi connectivity index (χ0v) is 13.2. The Balaban J connectivity index is 2.04. The molecule has 21 heavy (non-hydrogen) atoms. The first-order chi connectivity index (χ1) is 10.2. The van der Waals surface area contributed by atoms with Crippen molar-refractivity contribution in [3.8, 4) is 11.6 Å². The molecule has 0 saturated carbocycles. The van der Waals surface area contributed by atoms with Crippen LogP contribution in [0, 0.1) is 6.92 Å². The van der Waals surface area contributed by atoms with Gasteiger partial charge >= 0.3 is 0 Å². The molecule has 3 nitrogen and oxygen atoms in total. The standard InChI is InChI=1S/C17H15BrN2O/c1-11-8-14(6-7-15(11)18)21-17-13(10-19)9-12-4-2-3-5-16(12)20-17/h2-9H,10,19H2,1H3. The molecular formula is C17H15BrN2O. The summed E-state index contributed by atoms with van der Waals surface area (Å²) in [5.74, 6) is 1.33. The molecule has 0 bridgehead atoms. The summed E-state index contributed by atoms with van der Waals surface area (Å²) in [6.07, 6.45) is 0. The number of aryl methyl sites for hydroxylation is 1. The SMILES string of the molecule is Cc1cc(Oc2nc3ccccc3cc2CN)ccc1Br. The molecule has 2 N–H and O–H groups in total. The molecule has 2 aromatic carbocycles. The van der Waals surface area contributed by atoms with Gasteiger partial charge in [-0.25, -0.2) is 4.98 Å². The van der Waals surface area contributed by atoms with Crippen molar-refractivity contribution in [1.29, 1.82) is 0 Å². The lowest BCUT2D eigenvalue weighted by Gasteiger charge is -2.11. The average Bonchev–Trinajstić information content (AvgIpc) is 2.50. The van der Waals surface area contributed by atoms with E-state index in [1.165, 1.54) is 0 Å². The molecule has 4 heteroatoms. The average molecular weight is 343 g/mol. The van der Waals surface area contributed by atoms with Gasteiger partial charge in [-0.2, -0.15) is 0 Å². The number of para-hydroxylation sites is 1. The molecule has 0 amide bonds. The van der Waals surface area contributed by atoms with E-state index in [4.69, 9.17) is 10.5 Å². The van der Waals surface area contributed by atoms with Crippen molar-refractivity contribution in [2.45, 2.75) is 13.5 Å². The Morgan fingerprint density at radius 1 is 1.14 bits per heavy atom. The van der Waals surface area contributed by atoms with Gasteiger partial charge in [0.05, 0.1) is 5.52 Å². The van der Waals surface area contributed by atoms with E-state index in [1.54, 1.807) is 0 Å². The summed E-state index contributed by atoms with van der Waals surface area (Å²) in [6.45, 7) is 2.41. The van der Waals surface area contributed by atoms with Gasteiger partial charge in [0.25, 0.3) is 0 Å². The predicted molar refractivity (Wildman–Crippen MR) is 88.6 cm³/mol. The maximum atomic E-state index is 5.93. The zero-order chi connectivity index (χ0) is 14.8. The minimum atomic E-state index is 0.392. The van der Waals surface area contributed by atoms with Crippen molar-refractivity contribution in [1.82, 2.24) is 4.98 Å². The van der Waals surface area contributed by atoms with E-state index in [0.29, 0.717) is 12.4 Å². The van der Waals surface area contributed by atoms with Crippen LogP contribution in [0.4, 0.5) is 0 Å². The molecule has 0 aliphatic rings. The Kier molecular flexibility index (Phi) is 3.90. The van der Waals surface area contributed by atoms with Crippen LogP contribution in [0.15, 0.2) is 53.0 Å². The Labute approximate surface area is 131 Å². The lowest BCUT2D eigenvalue weighted by molar-refractivity contribution is 0.458. The number of ether oxygens (including phenoxy) is 1. The van der Waals surface area contributed by atoms with E-state index < -0.39 is 0 Å². The van der Waals surface area contributed by atoms with Gasteiger partial charge < -0.3 is 10.5 Å². The second-order valence-electron chi connectivity index (χ2n) is 4.86. The van der Waals surface area contributed by atoms with Crippen LogP contribution < -0.4 is 10.5 Å². The lowest BCUT2D eigenvalue weighted by Crippen LogP contribution is -2.02. The second kappa shape index (κ2) is 5.84. The third-order valence-corrected chi connectivity index (χ3v) is 4.22. The Hall–Kier alpha value is -1.91. The molecule has 0 spiro atoms. The first kappa shape index (κ1) is 14.0. The normalized spacial score (nSPS) is 10.8. The van der Waals surface area contributed by atoms with Gasteiger partial charge in [0, 0.05) is 22.0 Å². The van der Waals surface area contributed by atoms with E-state index in [0.717, 1.165) is 32.3 Å². The number of nitrogens with two attached hydrogens (primary N) is 1. The van der Waals surface area contributed by atoms with Gasteiger partial charge in [0.2, 0.25) is 5.88 Å². The fourth-order valence-electron chi connectivity index (χ4n) is 2.17. The summed E-state index contributed by atoms with van der Waals surface area (Å²) < 4.78 is 6.99. The van der Waals surface area contributed by atoms with Crippen LogP contribution in [0.25, 0.3) is 10.9 Å². The van der Waals surface area contributed by atoms with Crippen molar-refractivity contribution in [3.63, 3.8) is 0 Å². The van der Waals surface area contributed by atoms with E-state index in [9.17, 15) is 0 Å². The summed E-state index contributed by atoms with van der Waals surface area (Å²) in [4.78, 5) is 4.58. The van der Waals surface area contributed by atoms with Crippen LogP contribution in [0.2, 0.25) is 0 Å². The van der Waals surface area contributed by atoms with Crippen LogP contribution in [-0.2, 0) is 6.54 Å². The summed E-state index contributed by atoms with van der Waals surface area (Å²) in [7, 11) is 0. The molecule has 1 heterocycles. The third kappa shape index (κ3) is 2.91. The molecule has 0 radical (unpaired) electrons. The van der Waals surface area contributed by atoms with Crippen molar-refractivity contribution in [2.24, 2.45) is 5.73 Å². The van der Waals surface area contributed by atoms with E-state index in [-0.39, 0.29) is 0 Å². The molecule has 3 aromatic rings. The largest absolute Gasteiger partial charge is 0.439 e. The highest BCUT2D eigenvalue weighted by Gasteiger charge is 2.09. The highest BCUT2D eigenvalue weighted by molar-refractivity contribution is 9.10. The summed E-state index contributed by atoms with van der Waals surface area (Å²) in [5, 5.41) is 1.07. The summed E-state index contributed by atoms with van der Waals surface area (Å²) in [6, 6.07) is 15.8. The fraction of sp³-hybridized carbons (Fsp3) is 0.118. The predicted octanol–water partition coefficient (Wildman–Crippen LogP) is 4.56. The van der Waals surface area contributed by atoms with Crippen LogP contribution in [0.3, 0.4) is 0 Å². The lowest BCUT2D eigenvalue weighted by atomic mass is 10.1. The first-order valence-electron chi connectivity index (χ1n) is 6.70. The quantitative estimate of drug-likeness (QED) is 0.759. The highest BCUT2D eigenvalue weighted by Crippen LogP contribution is 2.29. The highest BCUT2D eigenvalue weighted by atomic mass is 79.9. The molecule has 0 atom stereocenters. The molecular weight excluding hydrogens is 328 g/mol. The molecule has 0 aliphatic carbocycles. The number of aromatic nitrogens is 1. The molecule has 0 unspecified atom stereocenters. The molecule has 0 saturated heterocycles. The van der Waals surface area contributed by atoms with Gasteiger partial charge in [-0.3, -0.25) is 0 Å². The molecule has 0 aliphatic heterocycles. The number of hydrogen-bond donors (Lipinski definition) is 1. The van der Waals surface area contributed by atoms with Crippen LogP contribution in [0.5, 0.6) is 11.6 Å². The number of rotatable bonds is 3. The van der Waals surface area contributed by atoms with Crippen LogP contribution >= 0.6 is 15.9 Å². The summed E-state index contributed by atoms with van der Waals surface area (Å²) in [5.41, 5.74) is 8.73. The van der Waals surface area contributed by atoms with Gasteiger partial charge in [-0.05, 0) is 42.8 Å². The van der Waals surface area contributed by atoms with Gasteiger partial charge in [-0.15, -0.1) is 0 Å². The van der Waals surface area contributed by atoms with Gasteiger partial charge in [-0.1, -0.05) is 34.1 Å². The van der Waals surface area contributed by atoms with Crippen molar-refractivity contribution >= 4 is 26.8 Å². The Morgan fingerprint density at radius 2 is 1.95 bits per heavy atom. The van der Waals surface area contributed by atoms with Gasteiger partial charge in [0.1, 0.15) is 5.75 Å². The third-order valence-electron chi connectivity index (χ3n) is 3.33. The number of nitrogens with zero attached hydrogens (tertiary/aromatic N) is 1. The number of pyridine rings is 1. The number of halogens is 1. The topological polar surface area (TPSA) is 48.1 Å². The van der Waals surface area contributed by atoms with E-state index in [1.807, 2.05) is 55.5 Å².